The summed E-state index contributed by atoms with van der Waals surface area (Å²) in [7, 11) is -0.987. The molecule has 1 aliphatic heterocycles. The van der Waals surface area contributed by atoms with Crippen LogP contribution in [0.25, 0.3) is 22.2 Å². The Morgan fingerprint density at radius 1 is 1.00 bits per heavy atom. The molecule has 2 aromatic heterocycles. The predicted molar refractivity (Wildman–Crippen MR) is 145 cm³/mol. The van der Waals surface area contributed by atoms with E-state index in [4.69, 9.17) is 4.98 Å². The SMILES string of the molecule is CC.Cc1ccc(NC(=O)c2ccc(N3CCCCS3=O)cc2)cc1-c1ccc2cnccc2n1. The van der Waals surface area contributed by atoms with E-state index < -0.39 is 11.0 Å². The molecule has 1 atom stereocenters. The number of carbonyl (C=O) groups is 1. The van der Waals surface area contributed by atoms with Crippen LogP contribution in [-0.2, 0) is 11.0 Å². The van der Waals surface area contributed by atoms with E-state index in [9.17, 15) is 9.00 Å². The van der Waals surface area contributed by atoms with Crippen molar-refractivity contribution in [2.45, 2.75) is 33.6 Å². The zero-order valence-corrected chi connectivity index (χ0v) is 21.1. The summed E-state index contributed by atoms with van der Waals surface area (Å²) in [4.78, 5) is 21.8. The molecule has 1 N–H and O–H groups in total. The van der Waals surface area contributed by atoms with Gasteiger partial charge >= 0.3 is 0 Å². The van der Waals surface area contributed by atoms with E-state index >= 15 is 0 Å². The van der Waals surface area contributed by atoms with E-state index in [-0.39, 0.29) is 5.91 Å². The molecule has 1 amide bonds. The lowest BCUT2D eigenvalue weighted by Gasteiger charge is -2.27. The minimum absolute atomic E-state index is 0.186. The van der Waals surface area contributed by atoms with Crippen molar-refractivity contribution in [1.82, 2.24) is 9.97 Å². The van der Waals surface area contributed by atoms with E-state index in [0.29, 0.717) is 17.0 Å². The van der Waals surface area contributed by atoms with Crippen LogP contribution in [0.5, 0.6) is 0 Å². The topological polar surface area (TPSA) is 75.2 Å². The maximum absolute atomic E-state index is 12.9. The Kier molecular flexibility index (Phi) is 7.87. The zero-order chi connectivity index (χ0) is 24.8. The Morgan fingerprint density at radius 2 is 1.80 bits per heavy atom. The second kappa shape index (κ2) is 11.2. The van der Waals surface area contributed by atoms with Crippen molar-refractivity contribution in [1.29, 1.82) is 0 Å². The second-order valence-electron chi connectivity index (χ2n) is 8.13. The molecule has 0 radical (unpaired) electrons. The fourth-order valence-corrected chi connectivity index (χ4v) is 5.37. The molecular formula is C28H30N4O2S. The molecule has 180 valence electrons. The number of pyridine rings is 2. The molecule has 2 aromatic carbocycles. The number of anilines is 2. The predicted octanol–water partition coefficient (Wildman–Crippen LogP) is 6.15. The summed E-state index contributed by atoms with van der Waals surface area (Å²) in [6.07, 6.45) is 5.56. The number of nitrogens with zero attached hydrogens (tertiary/aromatic N) is 3. The molecule has 3 heterocycles. The summed E-state index contributed by atoms with van der Waals surface area (Å²) >= 11 is 0. The maximum Gasteiger partial charge on any atom is 0.255 e. The first-order chi connectivity index (χ1) is 17.1. The number of carbonyl (C=O) groups excluding carboxylic acids is 1. The number of amides is 1. The van der Waals surface area contributed by atoms with Crippen molar-refractivity contribution < 1.29 is 9.00 Å². The fraction of sp³-hybridized carbons (Fsp3) is 0.250. The van der Waals surface area contributed by atoms with Crippen molar-refractivity contribution in [3.8, 4) is 11.3 Å². The van der Waals surface area contributed by atoms with Crippen LogP contribution in [0.3, 0.4) is 0 Å². The Labute approximate surface area is 209 Å². The van der Waals surface area contributed by atoms with E-state index in [1.807, 2.05) is 73.6 Å². The largest absolute Gasteiger partial charge is 0.322 e. The number of hydrogen-bond acceptors (Lipinski definition) is 4. The molecule has 7 heteroatoms. The maximum atomic E-state index is 12.9. The third-order valence-corrected chi connectivity index (χ3v) is 7.38. The Balaban J connectivity index is 0.00000141. The third kappa shape index (κ3) is 5.57. The smallest absolute Gasteiger partial charge is 0.255 e. The molecule has 1 fully saturated rings. The summed E-state index contributed by atoms with van der Waals surface area (Å²) in [6.45, 7) is 6.81. The lowest BCUT2D eigenvalue weighted by Crippen LogP contribution is -2.32. The van der Waals surface area contributed by atoms with Gasteiger partial charge in [-0.3, -0.25) is 14.1 Å². The minimum atomic E-state index is -0.987. The second-order valence-corrected chi connectivity index (χ2v) is 9.62. The van der Waals surface area contributed by atoms with Gasteiger partial charge in [-0.1, -0.05) is 19.9 Å². The van der Waals surface area contributed by atoms with Gasteiger partial charge in [-0.2, -0.15) is 0 Å². The van der Waals surface area contributed by atoms with Gasteiger partial charge in [0, 0.05) is 52.6 Å². The Bertz CT molecular complexity index is 1350. The number of rotatable bonds is 4. The molecule has 6 nitrogen and oxygen atoms in total. The average molecular weight is 487 g/mol. The van der Waals surface area contributed by atoms with Crippen molar-refractivity contribution in [2.24, 2.45) is 0 Å². The standard InChI is InChI=1S/C26H24N4O2S.C2H6/c1-18-4-8-21(16-23(18)25-11-7-20-17-27-13-12-24(20)29-25)28-26(31)19-5-9-22(10-6-19)30-14-2-3-15-33(30)32;1-2/h4-13,16-17H,2-3,14-15H2,1H3,(H,28,31);1-2H3. The van der Waals surface area contributed by atoms with Crippen LogP contribution in [-0.4, -0.2) is 32.4 Å². The highest BCUT2D eigenvalue weighted by atomic mass is 32.2. The molecule has 35 heavy (non-hydrogen) atoms. The highest BCUT2D eigenvalue weighted by Crippen LogP contribution is 2.27. The number of benzene rings is 2. The summed E-state index contributed by atoms with van der Waals surface area (Å²) in [5.41, 5.74) is 5.92. The van der Waals surface area contributed by atoms with E-state index in [1.165, 1.54) is 0 Å². The molecule has 4 aromatic rings. The summed E-state index contributed by atoms with van der Waals surface area (Å²) in [5, 5.41) is 3.98. The normalized spacial score (nSPS) is 15.3. The van der Waals surface area contributed by atoms with Crippen LogP contribution >= 0.6 is 0 Å². The van der Waals surface area contributed by atoms with Crippen molar-refractivity contribution in [3.05, 3.63) is 84.2 Å². The van der Waals surface area contributed by atoms with Gasteiger partial charge in [-0.05, 0) is 79.9 Å². The highest BCUT2D eigenvalue weighted by Gasteiger charge is 2.18. The number of fused-ring (bicyclic) bond motifs is 1. The lowest BCUT2D eigenvalue weighted by molar-refractivity contribution is 0.102. The van der Waals surface area contributed by atoms with Crippen molar-refractivity contribution in [3.63, 3.8) is 0 Å². The van der Waals surface area contributed by atoms with Gasteiger partial charge in [-0.15, -0.1) is 0 Å². The van der Waals surface area contributed by atoms with Crippen LogP contribution in [0.1, 0.15) is 42.6 Å². The first-order valence-corrected chi connectivity index (χ1v) is 13.3. The van der Waals surface area contributed by atoms with E-state index in [1.54, 1.807) is 24.5 Å². The van der Waals surface area contributed by atoms with Gasteiger partial charge in [0.05, 0.1) is 11.2 Å². The minimum Gasteiger partial charge on any atom is -0.322 e. The number of hydrogen-bond donors (Lipinski definition) is 1. The molecule has 0 saturated carbocycles. The molecule has 1 unspecified atom stereocenters. The summed E-state index contributed by atoms with van der Waals surface area (Å²) in [6, 6.07) is 19.0. The number of aromatic nitrogens is 2. The molecular weight excluding hydrogens is 456 g/mol. The van der Waals surface area contributed by atoms with Crippen LogP contribution in [0.15, 0.2) is 73.1 Å². The third-order valence-electron chi connectivity index (χ3n) is 5.85. The average Bonchev–Trinajstić information content (AvgIpc) is 2.91. The zero-order valence-electron chi connectivity index (χ0n) is 20.3. The van der Waals surface area contributed by atoms with E-state index in [0.717, 1.165) is 52.8 Å². The molecule has 0 aliphatic carbocycles. The first-order valence-electron chi connectivity index (χ1n) is 12.0. The number of aryl methyl sites for hydroxylation is 1. The van der Waals surface area contributed by atoms with E-state index in [2.05, 4.69) is 10.3 Å². The van der Waals surface area contributed by atoms with Crippen LogP contribution < -0.4 is 9.62 Å². The first kappa shape index (κ1) is 24.5. The molecule has 5 rings (SSSR count). The van der Waals surface area contributed by atoms with Crippen molar-refractivity contribution >= 4 is 39.2 Å². The Hall–Kier alpha value is -3.58. The van der Waals surface area contributed by atoms with Gasteiger partial charge in [-0.25, -0.2) is 9.19 Å². The number of nitrogens with one attached hydrogen (secondary N) is 1. The fourth-order valence-electron chi connectivity index (χ4n) is 4.01. The van der Waals surface area contributed by atoms with Crippen molar-refractivity contribution in [2.75, 3.05) is 21.9 Å². The monoisotopic (exact) mass is 486 g/mol. The van der Waals surface area contributed by atoms with Crippen LogP contribution in [0.2, 0.25) is 0 Å². The van der Waals surface area contributed by atoms with Crippen LogP contribution in [0.4, 0.5) is 11.4 Å². The summed E-state index contributed by atoms with van der Waals surface area (Å²) in [5.74, 6) is 0.509. The van der Waals surface area contributed by atoms with Gasteiger partial charge < -0.3 is 5.32 Å². The van der Waals surface area contributed by atoms with Crippen LogP contribution in [0, 0.1) is 6.92 Å². The highest BCUT2D eigenvalue weighted by molar-refractivity contribution is 7.86. The molecule has 0 spiro atoms. The van der Waals surface area contributed by atoms with Gasteiger partial charge in [0.15, 0.2) is 0 Å². The molecule has 1 aliphatic rings. The summed E-state index contributed by atoms with van der Waals surface area (Å²) < 4.78 is 14.2. The Morgan fingerprint density at radius 3 is 2.57 bits per heavy atom. The molecule has 0 bridgehead atoms. The lowest BCUT2D eigenvalue weighted by atomic mass is 10.0. The van der Waals surface area contributed by atoms with Gasteiger partial charge in [0.25, 0.3) is 5.91 Å². The molecule has 1 saturated heterocycles. The quantitative estimate of drug-likeness (QED) is 0.376. The van der Waals surface area contributed by atoms with Gasteiger partial charge in [0.1, 0.15) is 11.0 Å². The van der Waals surface area contributed by atoms with Gasteiger partial charge in [0.2, 0.25) is 0 Å².